The van der Waals surface area contributed by atoms with Crippen molar-refractivity contribution in [2.45, 2.75) is 26.7 Å². The second-order valence-corrected chi connectivity index (χ2v) is 3.40. The lowest BCUT2D eigenvalue weighted by Crippen LogP contribution is -2.29. The van der Waals surface area contributed by atoms with Gasteiger partial charge in [0.05, 0.1) is 11.4 Å². The Balaban J connectivity index is 2.77. The number of nitrogens with zero attached hydrogens (tertiary/aromatic N) is 2. The van der Waals surface area contributed by atoms with Crippen molar-refractivity contribution in [1.29, 1.82) is 0 Å². The van der Waals surface area contributed by atoms with E-state index in [1.54, 1.807) is 0 Å². The minimum absolute atomic E-state index is 0.287. The van der Waals surface area contributed by atoms with Crippen LogP contribution in [0.25, 0.3) is 0 Å². The van der Waals surface area contributed by atoms with Gasteiger partial charge in [-0.3, -0.25) is 0 Å². The van der Waals surface area contributed by atoms with E-state index >= 15 is 0 Å². The highest BCUT2D eigenvalue weighted by atomic mass is 16.4. The molecule has 0 aliphatic heterocycles. The molecular formula is C8H14N2O2. The van der Waals surface area contributed by atoms with Crippen molar-refractivity contribution in [2.75, 3.05) is 0 Å². The molecule has 1 saturated carbocycles. The molecule has 0 radical (unpaired) electrons. The highest BCUT2D eigenvalue weighted by Crippen LogP contribution is 2.24. The van der Waals surface area contributed by atoms with Crippen LogP contribution >= 0.6 is 0 Å². The van der Waals surface area contributed by atoms with Crippen molar-refractivity contribution in [3.63, 3.8) is 0 Å². The zero-order chi connectivity index (χ0) is 9.14. The van der Waals surface area contributed by atoms with Crippen molar-refractivity contribution in [1.82, 2.24) is 0 Å². The maximum absolute atomic E-state index is 8.61. The van der Waals surface area contributed by atoms with E-state index in [2.05, 4.69) is 10.3 Å². The van der Waals surface area contributed by atoms with Crippen LogP contribution in [0.5, 0.6) is 0 Å². The second-order valence-electron chi connectivity index (χ2n) is 3.40. The third-order valence-electron chi connectivity index (χ3n) is 2.46. The number of rotatable bonds is 0. The Labute approximate surface area is 71.6 Å². The number of hydrogen-bond donors (Lipinski definition) is 2. The standard InChI is InChI=1S/C8H14N2O2/c1-5-3-6(2)8(10-12)4-7(5)9-11/h5-6,11-12H,3-4H2,1-2H3/b9-7+,10-8+. The molecule has 1 rings (SSSR count). The zero-order valence-corrected chi connectivity index (χ0v) is 7.36. The summed E-state index contributed by atoms with van der Waals surface area (Å²) < 4.78 is 0. The minimum atomic E-state index is 0.287. The highest BCUT2D eigenvalue weighted by Gasteiger charge is 2.27. The molecule has 1 aliphatic rings. The van der Waals surface area contributed by atoms with Crippen LogP contribution in [0.4, 0.5) is 0 Å². The van der Waals surface area contributed by atoms with Crippen LogP contribution in [0.1, 0.15) is 26.7 Å². The normalized spacial score (nSPS) is 37.5. The summed E-state index contributed by atoms with van der Waals surface area (Å²) in [6.45, 7) is 4.03. The van der Waals surface area contributed by atoms with E-state index in [0.29, 0.717) is 17.8 Å². The SMILES string of the molecule is CC1CC(C)/C(=N/O)C/C1=N\O. The summed E-state index contributed by atoms with van der Waals surface area (Å²) in [5.41, 5.74) is 1.42. The van der Waals surface area contributed by atoms with E-state index in [4.69, 9.17) is 10.4 Å². The Hall–Kier alpha value is -1.06. The van der Waals surface area contributed by atoms with Crippen LogP contribution in [0, 0.1) is 11.8 Å². The molecule has 0 aromatic rings. The van der Waals surface area contributed by atoms with Gasteiger partial charge < -0.3 is 10.4 Å². The third-order valence-corrected chi connectivity index (χ3v) is 2.46. The van der Waals surface area contributed by atoms with E-state index in [1.807, 2.05) is 13.8 Å². The summed E-state index contributed by atoms with van der Waals surface area (Å²) in [4.78, 5) is 0. The van der Waals surface area contributed by atoms with Gasteiger partial charge >= 0.3 is 0 Å². The van der Waals surface area contributed by atoms with Gasteiger partial charge in [-0.05, 0) is 18.3 Å². The molecule has 1 aliphatic carbocycles. The third kappa shape index (κ3) is 1.57. The first-order valence-corrected chi connectivity index (χ1v) is 4.10. The Kier molecular flexibility index (Phi) is 2.68. The average molecular weight is 170 g/mol. The van der Waals surface area contributed by atoms with Gasteiger partial charge in [-0.15, -0.1) is 0 Å². The molecule has 2 N–H and O–H groups in total. The van der Waals surface area contributed by atoms with Crippen LogP contribution in [0.2, 0.25) is 0 Å². The van der Waals surface area contributed by atoms with Gasteiger partial charge in [0, 0.05) is 6.42 Å². The summed E-state index contributed by atoms with van der Waals surface area (Å²) in [5, 5.41) is 23.6. The first kappa shape index (κ1) is 9.03. The van der Waals surface area contributed by atoms with Crippen molar-refractivity contribution in [3.05, 3.63) is 0 Å². The molecule has 4 nitrogen and oxygen atoms in total. The second kappa shape index (κ2) is 3.56. The predicted octanol–water partition coefficient (Wildman–Crippen LogP) is 1.71. The van der Waals surface area contributed by atoms with Crippen molar-refractivity contribution < 1.29 is 10.4 Å². The van der Waals surface area contributed by atoms with Gasteiger partial charge in [0.2, 0.25) is 0 Å². The molecule has 1 fully saturated rings. The van der Waals surface area contributed by atoms with Gasteiger partial charge in [0.25, 0.3) is 0 Å². The lowest BCUT2D eigenvalue weighted by Gasteiger charge is -2.25. The maximum Gasteiger partial charge on any atom is 0.0656 e. The maximum atomic E-state index is 8.61. The van der Waals surface area contributed by atoms with Crippen LogP contribution in [0.3, 0.4) is 0 Å². The molecule has 0 heterocycles. The molecule has 68 valence electrons. The number of hydrogen-bond acceptors (Lipinski definition) is 4. The first-order valence-electron chi connectivity index (χ1n) is 4.10. The molecule has 0 bridgehead atoms. The quantitative estimate of drug-likeness (QED) is 0.429. The Morgan fingerprint density at radius 2 is 1.50 bits per heavy atom. The fourth-order valence-electron chi connectivity index (χ4n) is 1.60. The predicted molar refractivity (Wildman–Crippen MR) is 46.0 cm³/mol. The Morgan fingerprint density at radius 3 is 1.83 bits per heavy atom. The molecule has 4 heteroatoms. The number of oxime groups is 2. The summed E-state index contributed by atoms with van der Waals surface area (Å²) >= 11 is 0. The van der Waals surface area contributed by atoms with E-state index < -0.39 is 0 Å². The van der Waals surface area contributed by atoms with E-state index in [1.165, 1.54) is 0 Å². The van der Waals surface area contributed by atoms with Crippen molar-refractivity contribution in [2.24, 2.45) is 22.1 Å². The van der Waals surface area contributed by atoms with Crippen LogP contribution in [-0.4, -0.2) is 21.8 Å². The topological polar surface area (TPSA) is 65.2 Å². The van der Waals surface area contributed by atoms with Gasteiger partial charge in [0.1, 0.15) is 0 Å². The molecule has 12 heavy (non-hydrogen) atoms. The molecule has 0 saturated heterocycles. The van der Waals surface area contributed by atoms with Gasteiger partial charge in [-0.1, -0.05) is 24.2 Å². The summed E-state index contributed by atoms with van der Waals surface area (Å²) in [7, 11) is 0. The summed E-state index contributed by atoms with van der Waals surface area (Å²) in [6.07, 6.45) is 1.38. The van der Waals surface area contributed by atoms with Crippen molar-refractivity contribution >= 4 is 11.4 Å². The lowest BCUT2D eigenvalue weighted by molar-refractivity contribution is 0.304. The van der Waals surface area contributed by atoms with E-state index in [-0.39, 0.29) is 11.8 Å². The van der Waals surface area contributed by atoms with Gasteiger partial charge in [-0.25, -0.2) is 0 Å². The average Bonchev–Trinajstić information content (AvgIpc) is 2.05. The van der Waals surface area contributed by atoms with Crippen LogP contribution in [-0.2, 0) is 0 Å². The first-order chi connectivity index (χ1) is 5.69. The lowest BCUT2D eigenvalue weighted by atomic mass is 9.80. The Morgan fingerprint density at radius 1 is 1.08 bits per heavy atom. The van der Waals surface area contributed by atoms with Crippen LogP contribution in [0.15, 0.2) is 10.3 Å². The molecule has 0 amide bonds. The van der Waals surface area contributed by atoms with Crippen molar-refractivity contribution in [3.8, 4) is 0 Å². The molecule has 2 atom stereocenters. The smallest absolute Gasteiger partial charge is 0.0656 e. The van der Waals surface area contributed by atoms with Gasteiger partial charge in [0.15, 0.2) is 0 Å². The Bertz CT molecular complexity index is 201. The fraction of sp³-hybridized carbons (Fsp3) is 0.750. The molecule has 0 spiro atoms. The highest BCUT2D eigenvalue weighted by molar-refractivity contribution is 6.07. The van der Waals surface area contributed by atoms with Gasteiger partial charge in [-0.2, -0.15) is 0 Å². The summed E-state index contributed by atoms with van der Waals surface area (Å²) in [5.74, 6) is 0.575. The summed E-state index contributed by atoms with van der Waals surface area (Å²) in [6, 6.07) is 0. The van der Waals surface area contributed by atoms with E-state index in [9.17, 15) is 0 Å². The monoisotopic (exact) mass is 170 g/mol. The van der Waals surface area contributed by atoms with Crippen LogP contribution < -0.4 is 0 Å². The molecule has 2 unspecified atom stereocenters. The largest absolute Gasteiger partial charge is 0.411 e. The molecule has 0 aromatic heterocycles. The fourth-order valence-corrected chi connectivity index (χ4v) is 1.60. The minimum Gasteiger partial charge on any atom is -0.411 e. The molecule has 0 aromatic carbocycles. The zero-order valence-electron chi connectivity index (χ0n) is 7.36. The molecular weight excluding hydrogens is 156 g/mol. The van der Waals surface area contributed by atoms with E-state index in [0.717, 1.165) is 6.42 Å².